The van der Waals surface area contributed by atoms with Gasteiger partial charge in [0.25, 0.3) is 0 Å². The average Bonchev–Trinajstić information content (AvgIpc) is 2.52. The number of nitrogens with one attached hydrogen (secondary N) is 1. The number of rotatable bonds is 3. The maximum absolute atomic E-state index is 13.2. The minimum atomic E-state index is -0.473. The lowest BCUT2D eigenvalue weighted by molar-refractivity contribution is -0.119. The van der Waals surface area contributed by atoms with E-state index < -0.39 is 5.82 Å². The molecule has 1 N–H and O–H groups in total. The van der Waals surface area contributed by atoms with Gasteiger partial charge >= 0.3 is 0 Å². The minimum absolute atomic E-state index is 0.0385. The lowest BCUT2D eigenvalue weighted by Crippen LogP contribution is -2.35. The second kappa shape index (κ2) is 6.32. The van der Waals surface area contributed by atoms with Crippen LogP contribution in [0.25, 0.3) is 0 Å². The standard InChI is InChI=1S/C16H15ClFN3O/c17-12-10-11(6-7-13(12)18)20-16-14(4-3-8-19-16)21-9-2-1-5-15(21)22/h3-4,6-8,10H,1-2,5,9H2,(H,19,20). The average molecular weight is 320 g/mol. The molecule has 0 spiro atoms. The number of halogens is 2. The van der Waals surface area contributed by atoms with Gasteiger partial charge < -0.3 is 10.2 Å². The maximum atomic E-state index is 13.2. The van der Waals surface area contributed by atoms with E-state index in [0.717, 1.165) is 18.5 Å². The van der Waals surface area contributed by atoms with Crippen molar-refractivity contribution in [2.75, 3.05) is 16.8 Å². The van der Waals surface area contributed by atoms with Gasteiger partial charge in [0.1, 0.15) is 5.82 Å². The Hall–Kier alpha value is -2.14. The van der Waals surface area contributed by atoms with Gasteiger partial charge in [0, 0.05) is 24.8 Å². The van der Waals surface area contributed by atoms with E-state index in [0.29, 0.717) is 24.5 Å². The molecule has 1 aromatic heterocycles. The number of nitrogens with zero attached hydrogens (tertiary/aromatic N) is 2. The molecule has 0 radical (unpaired) electrons. The number of hydrogen-bond acceptors (Lipinski definition) is 3. The number of amides is 1. The topological polar surface area (TPSA) is 45.2 Å². The molecule has 1 aromatic carbocycles. The summed E-state index contributed by atoms with van der Waals surface area (Å²) in [5.74, 6) is 0.180. The summed E-state index contributed by atoms with van der Waals surface area (Å²) < 4.78 is 13.2. The van der Waals surface area contributed by atoms with Gasteiger partial charge in [-0.1, -0.05) is 11.6 Å². The third kappa shape index (κ3) is 3.04. The highest BCUT2D eigenvalue weighted by Crippen LogP contribution is 2.30. The number of benzene rings is 1. The molecule has 1 aliphatic rings. The van der Waals surface area contributed by atoms with Gasteiger partial charge in [0.05, 0.1) is 10.7 Å². The summed E-state index contributed by atoms with van der Waals surface area (Å²) in [6.07, 6.45) is 4.09. The van der Waals surface area contributed by atoms with E-state index in [2.05, 4.69) is 10.3 Å². The Bertz CT molecular complexity index is 708. The largest absolute Gasteiger partial charge is 0.338 e. The fraction of sp³-hybridized carbons (Fsp3) is 0.250. The van der Waals surface area contributed by atoms with Crippen LogP contribution in [0.1, 0.15) is 19.3 Å². The van der Waals surface area contributed by atoms with Crippen molar-refractivity contribution in [3.63, 3.8) is 0 Å². The van der Waals surface area contributed by atoms with Crippen LogP contribution in [0.15, 0.2) is 36.5 Å². The van der Waals surface area contributed by atoms with Crippen LogP contribution < -0.4 is 10.2 Å². The van der Waals surface area contributed by atoms with E-state index >= 15 is 0 Å². The van der Waals surface area contributed by atoms with Crippen molar-refractivity contribution in [2.24, 2.45) is 0 Å². The molecular formula is C16H15ClFN3O. The van der Waals surface area contributed by atoms with Crippen LogP contribution in [-0.2, 0) is 4.79 Å². The molecule has 0 unspecified atom stereocenters. The molecule has 6 heteroatoms. The van der Waals surface area contributed by atoms with Crippen LogP contribution in [0.5, 0.6) is 0 Å². The van der Waals surface area contributed by atoms with Gasteiger partial charge in [0.15, 0.2) is 5.82 Å². The molecule has 0 saturated carbocycles. The van der Waals surface area contributed by atoms with Crippen molar-refractivity contribution in [3.05, 3.63) is 47.4 Å². The van der Waals surface area contributed by atoms with Crippen molar-refractivity contribution < 1.29 is 9.18 Å². The van der Waals surface area contributed by atoms with Crippen LogP contribution in [0, 0.1) is 5.82 Å². The summed E-state index contributed by atoms with van der Waals surface area (Å²) in [6.45, 7) is 0.684. The molecule has 114 valence electrons. The molecule has 0 atom stereocenters. The third-order valence-corrected chi connectivity index (χ3v) is 3.87. The number of hydrogen-bond donors (Lipinski definition) is 1. The first-order chi connectivity index (χ1) is 10.6. The molecule has 2 aromatic rings. The number of piperidine rings is 1. The van der Waals surface area contributed by atoms with Gasteiger partial charge in [0.2, 0.25) is 5.91 Å². The van der Waals surface area contributed by atoms with Crippen molar-refractivity contribution in [1.82, 2.24) is 4.98 Å². The number of aromatic nitrogens is 1. The zero-order valence-electron chi connectivity index (χ0n) is 11.9. The third-order valence-electron chi connectivity index (χ3n) is 3.58. The fourth-order valence-electron chi connectivity index (χ4n) is 2.48. The Morgan fingerprint density at radius 1 is 1.27 bits per heavy atom. The van der Waals surface area contributed by atoms with E-state index in [1.54, 1.807) is 23.2 Å². The predicted molar refractivity (Wildman–Crippen MR) is 85.1 cm³/mol. The molecule has 0 bridgehead atoms. The number of anilines is 3. The van der Waals surface area contributed by atoms with Crippen LogP contribution in [0.3, 0.4) is 0 Å². The molecular weight excluding hydrogens is 305 g/mol. The number of carbonyl (C=O) groups is 1. The predicted octanol–water partition coefficient (Wildman–Crippen LogP) is 4.13. The quantitative estimate of drug-likeness (QED) is 0.925. The minimum Gasteiger partial charge on any atom is -0.338 e. The summed E-state index contributed by atoms with van der Waals surface area (Å²) >= 11 is 5.79. The Balaban J connectivity index is 1.90. The van der Waals surface area contributed by atoms with E-state index in [4.69, 9.17) is 11.6 Å². The van der Waals surface area contributed by atoms with Crippen molar-refractivity contribution in [1.29, 1.82) is 0 Å². The maximum Gasteiger partial charge on any atom is 0.227 e. The number of pyridine rings is 1. The summed E-state index contributed by atoms with van der Waals surface area (Å²) in [7, 11) is 0. The second-order valence-electron chi connectivity index (χ2n) is 5.13. The van der Waals surface area contributed by atoms with Crippen molar-refractivity contribution >= 4 is 34.7 Å². The van der Waals surface area contributed by atoms with E-state index in [1.165, 1.54) is 12.1 Å². The SMILES string of the molecule is O=C1CCCCN1c1cccnc1Nc1ccc(F)c(Cl)c1. The summed E-state index contributed by atoms with van der Waals surface area (Å²) in [5, 5.41) is 3.14. The van der Waals surface area contributed by atoms with Gasteiger partial charge in [-0.15, -0.1) is 0 Å². The first-order valence-electron chi connectivity index (χ1n) is 7.12. The second-order valence-corrected chi connectivity index (χ2v) is 5.53. The monoisotopic (exact) mass is 319 g/mol. The highest BCUT2D eigenvalue weighted by molar-refractivity contribution is 6.31. The Morgan fingerprint density at radius 3 is 2.91 bits per heavy atom. The molecule has 1 amide bonds. The van der Waals surface area contributed by atoms with Crippen LogP contribution in [0.2, 0.25) is 5.02 Å². The Morgan fingerprint density at radius 2 is 2.14 bits per heavy atom. The van der Waals surface area contributed by atoms with Gasteiger partial charge in [-0.3, -0.25) is 4.79 Å². The molecule has 3 rings (SSSR count). The van der Waals surface area contributed by atoms with E-state index in [1.807, 2.05) is 6.07 Å². The number of carbonyl (C=O) groups excluding carboxylic acids is 1. The normalized spacial score (nSPS) is 15.0. The smallest absolute Gasteiger partial charge is 0.227 e. The molecule has 2 heterocycles. The van der Waals surface area contributed by atoms with E-state index in [-0.39, 0.29) is 10.9 Å². The zero-order chi connectivity index (χ0) is 15.5. The molecule has 1 aliphatic heterocycles. The Kier molecular flexibility index (Phi) is 4.24. The van der Waals surface area contributed by atoms with E-state index in [9.17, 15) is 9.18 Å². The first kappa shape index (κ1) is 14.8. The zero-order valence-corrected chi connectivity index (χ0v) is 12.6. The van der Waals surface area contributed by atoms with Crippen molar-refractivity contribution in [2.45, 2.75) is 19.3 Å². The highest BCUT2D eigenvalue weighted by Gasteiger charge is 2.22. The summed E-state index contributed by atoms with van der Waals surface area (Å²) in [5.41, 5.74) is 1.35. The van der Waals surface area contributed by atoms with Crippen LogP contribution >= 0.6 is 11.6 Å². The molecule has 1 fully saturated rings. The molecule has 22 heavy (non-hydrogen) atoms. The highest BCUT2D eigenvalue weighted by atomic mass is 35.5. The van der Waals surface area contributed by atoms with Gasteiger partial charge in [-0.2, -0.15) is 0 Å². The molecule has 0 aliphatic carbocycles. The summed E-state index contributed by atoms with van der Waals surface area (Å²) in [4.78, 5) is 18.1. The van der Waals surface area contributed by atoms with Crippen molar-refractivity contribution in [3.8, 4) is 0 Å². The lowest BCUT2D eigenvalue weighted by Gasteiger charge is -2.28. The van der Waals surface area contributed by atoms with Crippen LogP contribution in [0.4, 0.5) is 21.6 Å². The molecule has 1 saturated heterocycles. The fourth-order valence-corrected chi connectivity index (χ4v) is 2.66. The van der Waals surface area contributed by atoms with Gasteiger partial charge in [-0.25, -0.2) is 9.37 Å². The Labute approximate surface area is 132 Å². The van der Waals surface area contributed by atoms with Gasteiger partial charge in [-0.05, 0) is 43.2 Å². The van der Waals surface area contributed by atoms with Crippen LogP contribution in [-0.4, -0.2) is 17.4 Å². The first-order valence-corrected chi connectivity index (χ1v) is 7.50. The lowest BCUT2D eigenvalue weighted by atomic mass is 10.1. The molecule has 4 nitrogen and oxygen atoms in total. The summed E-state index contributed by atoms with van der Waals surface area (Å²) in [6, 6.07) is 8.01.